The normalized spacial score (nSPS) is 11.1. The zero-order chi connectivity index (χ0) is 20.5. The summed E-state index contributed by atoms with van der Waals surface area (Å²) < 4.78 is 28.8. The number of carbonyl (C=O) groups is 1. The van der Waals surface area contributed by atoms with Crippen molar-refractivity contribution >= 4 is 28.1 Å². The van der Waals surface area contributed by atoms with Gasteiger partial charge in [-0.2, -0.15) is 0 Å². The first-order chi connectivity index (χ1) is 13.9. The van der Waals surface area contributed by atoms with Crippen LogP contribution in [-0.4, -0.2) is 15.6 Å². The van der Waals surface area contributed by atoms with E-state index in [2.05, 4.69) is 5.32 Å². The summed E-state index contributed by atoms with van der Waals surface area (Å²) in [5, 5.41) is 15.3. The van der Waals surface area contributed by atoms with Crippen LogP contribution in [0, 0.1) is 18.6 Å². The van der Waals surface area contributed by atoms with Crippen molar-refractivity contribution in [3.8, 4) is 5.75 Å². The summed E-state index contributed by atoms with van der Waals surface area (Å²) in [7, 11) is 0. The Bertz CT molecular complexity index is 1180. The van der Waals surface area contributed by atoms with Crippen molar-refractivity contribution in [3.63, 3.8) is 0 Å². The van der Waals surface area contributed by atoms with Gasteiger partial charge in [-0.25, -0.2) is 8.78 Å². The van der Waals surface area contributed by atoms with Crippen LogP contribution >= 0.6 is 11.3 Å². The first-order valence-electron chi connectivity index (χ1n) is 9.00. The summed E-state index contributed by atoms with van der Waals surface area (Å²) >= 11 is 1.62. The average Bonchev–Trinajstić information content (AvgIpc) is 3.26. The van der Waals surface area contributed by atoms with Crippen LogP contribution in [-0.2, 0) is 13.1 Å². The molecule has 148 valence electrons. The second kappa shape index (κ2) is 7.67. The van der Waals surface area contributed by atoms with Crippen LogP contribution in [0.5, 0.6) is 5.75 Å². The number of halogens is 2. The van der Waals surface area contributed by atoms with E-state index < -0.39 is 11.6 Å². The van der Waals surface area contributed by atoms with E-state index in [1.54, 1.807) is 29.5 Å². The molecule has 0 aliphatic rings. The Kier molecular flexibility index (Phi) is 5.07. The van der Waals surface area contributed by atoms with Crippen molar-refractivity contribution in [1.82, 2.24) is 9.88 Å². The molecule has 0 saturated carbocycles. The number of aromatic nitrogens is 1. The molecule has 29 heavy (non-hydrogen) atoms. The van der Waals surface area contributed by atoms with Crippen molar-refractivity contribution in [1.29, 1.82) is 0 Å². The highest BCUT2D eigenvalue weighted by Crippen LogP contribution is 2.30. The second-order valence-electron chi connectivity index (χ2n) is 6.79. The summed E-state index contributed by atoms with van der Waals surface area (Å²) in [4.78, 5) is 14.1. The van der Waals surface area contributed by atoms with Gasteiger partial charge >= 0.3 is 0 Å². The van der Waals surface area contributed by atoms with Gasteiger partial charge in [0, 0.05) is 34.1 Å². The number of amides is 1. The lowest BCUT2D eigenvalue weighted by molar-refractivity contribution is 0.0951. The van der Waals surface area contributed by atoms with Crippen molar-refractivity contribution in [2.75, 3.05) is 0 Å². The number of benzene rings is 2. The van der Waals surface area contributed by atoms with Gasteiger partial charge in [-0.1, -0.05) is 6.07 Å². The van der Waals surface area contributed by atoms with Crippen molar-refractivity contribution in [3.05, 3.63) is 87.2 Å². The van der Waals surface area contributed by atoms with Crippen LogP contribution < -0.4 is 5.32 Å². The number of phenols is 1. The van der Waals surface area contributed by atoms with Gasteiger partial charge in [0.25, 0.3) is 5.91 Å². The molecule has 7 heteroatoms. The number of thiophene rings is 1. The number of nitrogens with one attached hydrogen (secondary N) is 1. The molecule has 2 N–H and O–H groups in total. The fourth-order valence-corrected chi connectivity index (χ4v) is 4.20. The van der Waals surface area contributed by atoms with Crippen LogP contribution in [0.1, 0.15) is 26.5 Å². The van der Waals surface area contributed by atoms with E-state index in [0.29, 0.717) is 23.1 Å². The Morgan fingerprint density at radius 3 is 2.59 bits per heavy atom. The minimum absolute atomic E-state index is 0.0105. The molecule has 0 radical (unpaired) electrons. The first-order valence-corrected chi connectivity index (χ1v) is 9.87. The number of hydrogen-bond donors (Lipinski definition) is 2. The maximum absolute atomic E-state index is 13.4. The maximum atomic E-state index is 13.4. The Balaban J connectivity index is 1.69. The molecular formula is C22H18F2N2O2S. The topological polar surface area (TPSA) is 54.3 Å². The van der Waals surface area contributed by atoms with E-state index in [1.807, 2.05) is 29.0 Å². The largest absolute Gasteiger partial charge is 0.508 e. The minimum Gasteiger partial charge on any atom is -0.508 e. The number of hydrogen-bond acceptors (Lipinski definition) is 3. The molecule has 0 fully saturated rings. The summed E-state index contributed by atoms with van der Waals surface area (Å²) in [6, 6.07) is 12.1. The smallest absolute Gasteiger partial charge is 0.254 e. The molecule has 0 bridgehead atoms. The third-order valence-corrected chi connectivity index (χ3v) is 5.66. The van der Waals surface area contributed by atoms with Gasteiger partial charge in [0.1, 0.15) is 17.4 Å². The van der Waals surface area contributed by atoms with Gasteiger partial charge in [-0.3, -0.25) is 4.79 Å². The van der Waals surface area contributed by atoms with Gasteiger partial charge in [-0.05, 0) is 54.3 Å². The van der Waals surface area contributed by atoms with E-state index in [1.165, 1.54) is 12.1 Å². The second-order valence-corrected chi connectivity index (χ2v) is 7.82. The molecule has 2 aromatic carbocycles. The predicted molar refractivity (Wildman–Crippen MR) is 109 cm³/mol. The number of phenolic OH excluding ortho intramolecular Hbond substituents is 1. The number of fused-ring (bicyclic) bond motifs is 1. The summed E-state index contributed by atoms with van der Waals surface area (Å²) in [6.45, 7) is 2.44. The lowest BCUT2D eigenvalue weighted by atomic mass is 10.1. The monoisotopic (exact) mass is 412 g/mol. The average molecular weight is 412 g/mol. The fraction of sp³-hybridized carbons (Fsp3) is 0.136. The summed E-state index contributed by atoms with van der Waals surface area (Å²) in [5.74, 6) is -1.69. The van der Waals surface area contributed by atoms with Gasteiger partial charge in [0.15, 0.2) is 0 Å². The Hall–Kier alpha value is -3.19. The molecule has 0 saturated heterocycles. The van der Waals surface area contributed by atoms with Gasteiger partial charge in [0.05, 0.1) is 12.1 Å². The zero-order valence-corrected chi connectivity index (χ0v) is 16.4. The maximum Gasteiger partial charge on any atom is 0.254 e. The molecule has 4 aromatic rings. The predicted octanol–water partition coefficient (Wildman–Crippen LogP) is 4.97. The van der Waals surface area contributed by atoms with E-state index in [9.17, 15) is 18.7 Å². The summed E-state index contributed by atoms with van der Waals surface area (Å²) in [6.07, 6.45) is 0. The highest BCUT2D eigenvalue weighted by Gasteiger charge is 2.21. The van der Waals surface area contributed by atoms with Crippen molar-refractivity contribution in [2.45, 2.75) is 20.0 Å². The number of carbonyl (C=O) groups excluding carboxylic acids is 1. The molecule has 0 aliphatic carbocycles. The SMILES string of the molecule is Cc1c(C(=O)NCc2cc(F)cc(F)c2)c2cc(O)ccc2n1Cc1cccs1. The Morgan fingerprint density at radius 1 is 1.14 bits per heavy atom. The highest BCUT2D eigenvalue weighted by atomic mass is 32.1. The van der Waals surface area contributed by atoms with Gasteiger partial charge in [0.2, 0.25) is 0 Å². The van der Waals surface area contributed by atoms with Gasteiger partial charge in [-0.15, -0.1) is 11.3 Å². The lowest BCUT2D eigenvalue weighted by Crippen LogP contribution is -2.23. The van der Waals surface area contributed by atoms with E-state index >= 15 is 0 Å². The molecule has 2 heterocycles. The third kappa shape index (κ3) is 3.86. The Morgan fingerprint density at radius 2 is 1.90 bits per heavy atom. The lowest BCUT2D eigenvalue weighted by Gasteiger charge is -2.08. The van der Waals surface area contributed by atoms with Crippen LogP contribution in [0.3, 0.4) is 0 Å². The summed E-state index contributed by atoms with van der Waals surface area (Å²) in [5.41, 5.74) is 2.35. The standard InChI is InChI=1S/C22H18F2N2O2S/c1-13-21(22(28)25-11-14-7-15(23)9-16(24)8-14)19-10-17(27)4-5-20(19)26(13)12-18-3-2-6-29-18/h2-10,27H,11-12H2,1H3,(H,25,28). The first kappa shape index (κ1) is 19.1. The molecule has 4 rings (SSSR count). The van der Waals surface area contributed by atoms with E-state index in [-0.39, 0.29) is 18.2 Å². The number of nitrogens with zero attached hydrogens (tertiary/aromatic N) is 1. The zero-order valence-electron chi connectivity index (χ0n) is 15.6. The van der Waals surface area contributed by atoms with Crippen molar-refractivity contribution in [2.24, 2.45) is 0 Å². The van der Waals surface area contributed by atoms with Crippen LogP contribution in [0.4, 0.5) is 8.78 Å². The molecule has 2 aromatic heterocycles. The molecule has 0 unspecified atom stereocenters. The van der Waals surface area contributed by atoms with Gasteiger partial charge < -0.3 is 15.0 Å². The van der Waals surface area contributed by atoms with Crippen LogP contribution in [0.2, 0.25) is 0 Å². The quantitative estimate of drug-likeness (QED) is 0.486. The highest BCUT2D eigenvalue weighted by molar-refractivity contribution is 7.09. The van der Waals surface area contributed by atoms with E-state index in [0.717, 1.165) is 22.2 Å². The molecule has 4 nitrogen and oxygen atoms in total. The number of rotatable bonds is 5. The number of aromatic hydroxyl groups is 1. The van der Waals surface area contributed by atoms with Crippen LogP contribution in [0.25, 0.3) is 10.9 Å². The third-order valence-electron chi connectivity index (χ3n) is 4.80. The molecule has 1 amide bonds. The molecular weight excluding hydrogens is 394 g/mol. The molecule has 0 aliphatic heterocycles. The van der Waals surface area contributed by atoms with Crippen molar-refractivity contribution < 1.29 is 18.7 Å². The molecule has 0 atom stereocenters. The van der Waals surface area contributed by atoms with Crippen LogP contribution in [0.15, 0.2) is 53.9 Å². The van der Waals surface area contributed by atoms with E-state index in [4.69, 9.17) is 0 Å². The Labute approximate surface area is 170 Å². The minimum atomic E-state index is -0.692. The molecule has 0 spiro atoms. The fourth-order valence-electron chi connectivity index (χ4n) is 3.50.